The van der Waals surface area contributed by atoms with E-state index in [1.807, 2.05) is 26.0 Å². The van der Waals surface area contributed by atoms with Crippen molar-refractivity contribution in [2.45, 2.75) is 19.9 Å². The molecule has 0 spiro atoms. The number of hydrogen-bond acceptors (Lipinski definition) is 4. The lowest BCUT2D eigenvalue weighted by molar-refractivity contribution is 0.402. The summed E-state index contributed by atoms with van der Waals surface area (Å²) in [6.45, 7) is 3.89. The van der Waals surface area contributed by atoms with Crippen LogP contribution in [0, 0.1) is 19.7 Å². The third kappa shape index (κ3) is 2.95. The average Bonchev–Trinajstić information content (AvgIpc) is 2.39. The van der Waals surface area contributed by atoms with E-state index in [4.69, 9.17) is 10.6 Å². The number of nitrogens with zero attached hydrogens (tertiary/aromatic N) is 1. The highest BCUT2D eigenvalue weighted by atomic mass is 19.1. The van der Waals surface area contributed by atoms with Crippen molar-refractivity contribution in [2.24, 2.45) is 5.84 Å². The number of aryl methyl sites for hydroxylation is 2. The van der Waals surface area contributed by atoms with Gasteiger partial charge in [-0.2, -0.15) is 0 Å². The van der Waals surface area contributed by atoms with Gasteiger partial charge in [-0.1, -0.05) is 0 Å². The molecule has 2 rings (SSSR count). The molecule has 0 amide bonds. The Bertz CT molecular complexity index is 596. The van der Waals surface area contributed by atoms with Crippen LogP contribution < -0.4 is 16.0 Å². The maximum absolute atomic E-state index is 13.5. The molecule has 20 heavy (non-hydrogen) atoms. The molecule has 0 saturated carbocycles. The molecule has 0 bridgehead atoms. The highest BCUT2D eigenvalue weighted by Crippen LogP contribution is 2.29. The minimum absolute atomic E-state index is 0.342. The predicted octanol–water partition coefficient (Wildman–Crippen LogP) is 2.40. The van der Waals surface area contributed by atoms with Crippen molar-refractivity contribution in [1.82, 2.24) is 10.4 Å². The summed E-state index contributed by atoms with van der Waals surface area (Å²) in [4.78, 5) is 4.47. The number of benzene rings is 1. The fourth-order valence-electron chi connectivity index (χ4n) is 2.29. The summed E-state index contributed by atoms with van der Waals surface area (Å²) < 4.78 is 18.8. The molecule has 1 atom stereocenters. The van der Waals surface area contributed by atoms with E-state index in [0.29, 0.717) is 11.3 Å². The Balaban J connectivity index is 2.54. The van der Waals surface area contributed by atoms with E-state index in [0.717, 1.165) is 17.0 Å². The normalized spacial score (nSPS) is 12.2. The lowest BCUT2D eigenvalue weighted by Gasteiger charge is -2.19. The summed E-state index contributed by atoms with van der Waals surface area (Å²) in [5.41, 5.74) is 5.99. The topological polar surface area (TPSA) is 60.2 Å². The summed E-state index contributed by atoms with van der Waals surface area (Å²) in [6.07, 6.45) is 0. The van der Waals surface area contributed by atoms with Crippen molar-refractivity contribution in [2.75, 3.05) is 7.11 Å². The van der Waals surface area contributed by atoms with Crippen LogP contribution in [-0.4, -0.2) is 12.1 Å². The molecule has 0 aliphatic rings. The maximum Gasteiger partial charge on any atom is 0.124 e. The zero-order chi connectivity index (χ0) is 14.7. The first-order chi connectivity index (χ1) is 9.55. The van der Waals surface area contributed by atoms with Gasteiger partial charge in [-0.25, -0.2) is 9.82 Å². The first-order valence-electron chi connectivity index (χ1n) is 6.30. The molecule has 0 aliphatic heterocycles. The molecule has 5 heteroatoms. The Morgan fingerprint density at radius 1 is 1.25 bits per heavy atom. The quantitative estimate of drug-likeness (QED) is 0.664. The van der Waals surface area contributed by atoms with E-state index in [-0.39, 0.29) is 5.82 Å². The van der Waals surface area contributed by atoms with E-state index in [1.54, 1.807) is 13.2 Å². The third-order valence-corrected chi connectivity index (χ3v) is 3.08. The number of hydrazine groups is 1. The molecular weight excluding hydrogens is 257 g/mol. The number of nitrogens with one attached hydrogen (secondary N) is 1. The molecule has 4 nitrogen and oxygen atoms in total. The largest absolute Gasteiger partial charge is 0.496 e. The molecule has 0 aliphatic carbocycles. The van der Waals surface area contributed by atoms with Gasteiger partial charge in [-0.05, 0) is 49.7 Å². The number of hydrogen-bond donors (Lipinski definition) is 2. The van der Waals surface area contributed by atoms with Crippen molar-refractivity contribution >= 4 is 0 Å². The minimum atomic E-state index is -0.431. The van der Waals surface area contributed by atoms with Crippen LogP contribution in [0.3, 0.4) is 0 Å². The summed E-state index contributed by atoms with van der Waals surface area (Å²) in [5, 5.41) is 0. The van der Waals surface area contributed by atoms with E-state index in [1.165, 1.54) is 12.1 Å². The number of pyridine rings is 1. The fraction of sp³-hybridized carbons (Fsp3) is 0.267. The van der Waals surface area contributed by atoms with Crippen molar-refractivity contribution in [3.8, 4) is 5.75 Å². The Morgan fingerprint density at radius 3 is 2.60 bits per heavy atom. The molecule has 106 valence electrons. The van der Waals surface area contributed by atoms with Gasteiger partial charge in [-0.15, -0.1) is 0 Å². The van der Waals surface area contributed by atoms with Crippen LogP contribution in [0.4, 0.5) is 4.39 Å². The molecule has 1 aromatic carbocycles. The van der Waals surface area contributed by atoms with Crippen LogP contribution in [0.15, 0.2) is 30.3 Å². The number of methoxy groups -OCH3 is 1. The SMILES string of the molecule is COc1ccc(F)cc1C(NN)c1cc(C)cc(C)n1. The second kappa shape index (κ2) is 5.98. The van der Waals surface area contributed by atoms with Crippen LogP contribution in [0.1, 0.15) is 28.6 Å². The van der Waals surface area contributed by atoms with Crippen LogP contribution in [0.5, 0.6) is 5.75 Å². The van der Waals surface area contributed by atoms with Gasteiger partial charge in [-0.3, -0.25) is 10.8 Å². The van der Waals surface area contributed by atoms with Crippen molar-refractivity contribution in [3.05, 3.63) is 58.7 Å². The van der Waals surface area contributed by atoms with Crippen molar-refractivity contribution in [3.63, 3.8) is 0 Å². The predicted molar refractivity (Wildman–Crippen MR) is 75.8 cm³/mol. The highest BCUT2D eigenvalue weighted by molar-refractivity contribution is 5.41. The third-order valence-electron chi connectivity index (χ3n) is 3.08. The summed E-state index contributed by atoms with van der Waals surface area (Å²) in [7, 11) is 1.54. The fourth-order valence-corrected chi connectivity index (χ4v) is 2.29. The highest BCUT2D eigenvalue weighted by Gasteiger charge is 2.19. The first-order valence-corrected chi connectivity index (χ1v) is 6.30. The second-order valence-electron chi connectivity index (χ2n) is 4.70. The molecular formula is C15H18FN3O. The van der Waals surface area contributed by atoms with Gasteiger partial charge >= 0.3 is 0 Å². The van der Waals surface area contributed by atoms with Gasteiger partial charge in [0.15, 0.2) is 0 Å². The summed E-state index contributed by atoms with van der Waals surface area (Å²) in [5.74, 6) is 5.87. The lowest BCUT2D eigenvalue weighted by atomic mass is 10.0. The monoisotopic (exact) mass is 275 g/mol. The van der Waals surface area contributed by atoms with E-state index < -0.39 is 6.04 Å². The Hall–Kier alpha value is -1.98. The average molecular weight is 275 g/mol. The molecule has 1 unspecified atom stereocenters. The Kier molecular flexibility index (Phi) is 4.32. The maximum atomic E-state index is 13.5. The van der Waals surface area contributed by atoms with Gasteiger partial charge in [0, 0.05) is 11.3 Å². The first kappa shape index (κ1) is 14.4. The molecule has 0 radical (unpaired) electrons. The molecule has 2 aromatic rings. The van der Waals surface area contributed by atoms with Gasteiger partial charge in [0.25, 0.3) is 0 Å². The Labute approximate surface area is 117 Å². The van der Waals surface area contributed by atoms with E-state index in [2.05, 4.69) is 10.4 Å². The standard InChI is InChI=1S/C15H18FN3O/c1-9-6-10(2)18-13(7-9)15(19-17)12-8-11(16)4-5-14(12)20-3/h4-8,15,19H,17H2,1-3H3. The molecule has 1 heterocycles. The van der Waals surface area contributed by atoms with Gasteiger partial charge < -0.3 is 4.74 Å². The summed E-state index contributed by atoms with van der Waals surface area (Å²) in [6, 6.07) is 7.80. The van der Waals surface area contributed by atoms with Crippen molar-refractivity contribution in [1.29, 1.82) is 0 Å². The lowest BCUT2D eigenvalue weighted by Crippen LogP contribution is -2.30. The number of rotatable bonds is 4. The number of halogens is 1. The zero-order valence-electron chi connectivity index (χ0n) is 11.8. The van der Waals surface area contributed by atoms with Crippen LogP contribution >= 0.6 is 0 Å². The number of ether oxygens (including phenoxy) is 1. The van der Waals surface area contributed by atoms with Crippen molar-refractivity contribution < 1.29 is 9.13 Å². The van der Waals surface area contributed by atoms with Crippen LogP contribution in [0.2, 0.25) is 0 Å². The molecule has 0 fully saturated rings. The van der Waals surface area contributed by atoms with E-state index >= 15 is 0 Å². The van der Waals surface area contributed by atoms with Crippen LogP contribution in [-0.2, 0) is 0 Å². The smallest absolute Gasteiger partial charge is 0.124 e. The zero-order valence-corrected chi connectivity index (χ0v) is 11.8. The van der Waals surface area contributed by atoms with Gasteiger partial charge in [0.2, 0.25) is 0 Å². The Morgan fingerprint density at radius 2 is 2.00 bits per heavy atom. The van der Waals surface area contributed by atoms with Gasteiger partial charge in [0.05, 0.1) is 18.8 Å². The number of nitrogens with two attached hydrogens (primary N) is 1. The summed E-state index contributed by atoms with van der Waals surface area (Å²) >= 11 is 0. The minimum Gasteiger partial charge on any atom is -0.496 e. The number of aromatic nitrogens is 1. The van der Waals surface area contributed by atoms with E-state index in [9.17, 15) is 4.39 Å². The van der Waals surface area contributed by atoms with Gasteiger partial charge in [0.1, 0.15) is 11.6 Å². The molecule has 1 aromatic heterocycles. The second-order valence-corrected chi connectivity index (χ2v) is 4.70. The molecule has 0 saturated heterocycles. The molecule has 3 N–H and O–H groups in total. The van der Waals surface area contributed by atoms with Crippen LogP contribution in [0.25, 0.3) is 0 Å².